The maximum absolute atomic E-state index is 11.7. The highest BCUT2D eigenvalue weighted by Gasteiger charge is 2.30. The lowest BCUT2D eigenvalue weighted by atomic mass is 10.0. The minimum Gasteiger partial charge on any atom is -0.455 e. The van der Waals surface area contributed by atoms with Gasteiger partial charge in [-0.2, -0.15) is 0 Å². The summed E-state index contributed by atoms with van der Waals surface area (Å²) in [5.41, 5.74) is 0.591. The summed E-state index contributed by atoms with van der Waals surface area (Å²) in [6.07, 6.45) is 26.5. The monoisotopic (exact) mass is 622 g/mol. The molecule has 7 heteroatoms. The SMILES string of the molecule is CCCCCCCCCCCC[C@@H](O)[C@@H](O)CC/C=C\CC[C@@H](O)[C@H]1CC[C@H](CCCCC[C@H](O)CC2=C[C@H](C)OC2=O)O1. The van der Waals surface area contributed by atoms with E-state index < -0.39 is 24.4 Å². The molecule has 4 N–H and O–H groups in total. The van der Waals surface area contributed by atoms with Crippen molar-refractivity contribution >= 4 is 5.97 Å². The number of allylic oxidation sites excluding steroid dienone is 2. The van der Waals surface area contributed by atoms with E-state index in [1.54, 1.807) is 6.08 Å². The highest BCUT2D eigenvalue weighted by molar-refractivity contribution is 5.90. The van der Waals surface area contributed by atoms with Gasteiger partial charge >= 0.3 is 5.97 Å². The third-order valence-electron chi connectivity index (χ3n) is 9.30. The number of carbonyl (C=O) groups excluding carboxylic acids is 1. The molecule has 1 fully saturated rings. The second-order valence-electron chi connectivity index (χ2n) is 13.5. The Morgan fingerprint density at radius 2 is 1.36 bits per heavy atom. The molecule has 0 amide bonds. The maximum Gasteiger partial charge on any atom is 0.334 e. The Morgan fingerprint density at radius 1 is 0.773 bits per heavy atom. The quantitative estimate of drug-likeness (QED) is 0.0423. The zero-order valence-corrected chi connectivity index (χ0v) is 28.1. The molecule has 0 radical (unpaired) electrons. The summed E-state index contributed by atoms with van der Waals surface area (Å²) >= 11 is 0. The van der Waals surface area contributed by atoms with E-state index in [9.17, 15) is 25.2 Å². The van der Waals surface area contributed by atoms with Crippen LogP contribution in [0.2, 0.25) is 0 Å². The zero-order chi connectivity index (χ0) is 32.0. The van der Waals surface area contributed by atoms with Gasteiger partial charge in [0.2, 0.25) is 0 Å². The fourth-order valence-electron chi connectivity index (χ4n) is 6.48. The largest absolute Gasteiger partial charge is 0.455 e. The van der Waals surface area contributed by atoms with Crippen LogP contribution < -0.4 is 0 Å². The molecule has 0 saturated carbocycles. The molecule has 0 aromatic rings. The van der Waals surface area contributed by atoms with Gasteiger partial charge in [0.15, 0.2) is 0 Å². The molecule has 0 unspecified atom stereocenters. The van der Waals surface area contributed by atoms with Crippen molar-refractivity contribution in [2.24, 2.45) is 0 Å². The molecule has 0 bridgehead atoms. The summed E-state index contributed by atoms with van der Waals surface area (Å²) in [7, 11) is 0. The number of rotatable bonds is 27. The molecule has 0 aromatic heterocycles. The lowest BCUT2D eigenvalue weighted by molar-refractivity contribution is -0.139. The smallest absolute Gasteiger partial charge is 0.334 e. The highest BCUT2D eigenvalue weighted by Crippen LogP contribution is 2.28. The fraction of sp³-hybridized carbons (Fsp3) is 0.865. The number of esters is 1. The molecule has 7 atom stereocenters. The van der Waals surface area contributed by atoms with Crippen LogP contribution >= 0.6 is 0 Å². The van der Waals surface area contributed by atoms with Crippen LogP contribution in [0.25, 0.3) is 0 Å². The van der Waals surface area contributed by atoms with Crippen LogP contribution in [0.1, 0.15) is 162 Å². The predicted molar refractivity (Wildman–Crippen MR) is 177 cm³/mol. The summed E-state index contributed by atoms with van der Waals surface area (Å²) in [4.78, 5) is 11.7. The number of hydrogen-bond donors (Lipinski definition) is 4. The van der Waals surface area contributed by atoms with Crippen molar-refractivity contribution < 1.29 is 34.7 Å². The van der Waals surface area contributed by atoms with Crippen molar-refractivity contribution in [2.75, 3.05) is 0 Å². The average molecular weight is 623 g/mol. The normalized spacial score (nSPS) is 23.2. The molecule has 2 heterocycles. The van der Waals surface area contributed by atoms with Gasteiger partial charge in [-0.3, -0.25) is 0 Å². The van der Waals surface area contributed by atoms with Crippen molar-refractivity contribution in [3.63, 3.8) is 0 Å². The molecule has 2 rings (SSSR count). The van der Waals surface area contributed by atoms with Gasteiger partial charge in [0.05, 0.1) is 36.6 Å². The summed E-state index contributed by atoms with van der Waals surface area (Å²) < 4.78 is 11.2. The fourth-order valence-corrected chi connectivity index (χ4v) is 6.48. The molecule has 0 aliphatic carbocycles. The molecule has 2 aliphatic heterocycles. The Morgan fingerprint density at radius 3 is 2.02 bits per heavy atom. The summed E-state index contributed by atoms with van der Waals surface area (Å²) in [6, 6.07) is 0. The Hall–Kier alpha value is -1.25. The van der Waals surface area contributed by atoms with E-state index in [-0.39, 0.29) is 24.3 Å². The summed E-state index contributed by atoms with van der Waals surface area (Å²) in [6.45, 7) is 4.07. The number of carbonyl (C=O) groups is 1. The first kappa shape index (κ1) is 38.9. The first-order valence-corrected chi connectivity index (χ1v) is 18.2. The number of unbranched alkanes of at least 4 members (excludes halogenated alkanes) is 11. The maximum atomic E-state index is 11.7. The van der Waals surface area contributed by atoms with Crippen molar-refractivity contribution in [1.82, 2.24) is 0 Å². The molecule has 256 valence electrons. The first-order valence-electron chi connectivity index (χ1n) is 18.2. The van der Waals surface area contributed by atoms with Gasteiger partial charge < -0.3 is 29.9 Å². The molecule has 0 aromatic carbocycles. The van der Waals surface area contributed by atoms with E-state index >= 15 is 0 Å². The van der Waals surface area contributed by atoms with Crippen LogP contribution in [0.15, 0.2) is 23.8 Å². The van der Waals surface area contributed by atoms with E-state index in [0.717, 1.165) is 64.2 Å². The van der Waals surface area contributed by atoms with Gasteiger partial charge in [-0.05, 0) is 70.8 Å². The number of ether oxygens (including phenoxy) is 2. The van der Waals surface area contributed by atoms with E-state index in [4.69, 9.17) is 9.47 Å². The molecular weight excluding hydrogens is 556 g/mol. The standard InChI is InChI=1S/C37H66O7/c1-3-4-5-6-7-8-9-10-11-17-22-33(39)34(40)23-18-12-13-19-24-35(41)36-26-25-32(44-36)21-16-14-15-20-31(38)28-30-27-29(2)43-37(30)42/h12-13,27,29,31-36,38-41H,3-11,14-26,28H2,1-2H3/b13-12-/t29-,31-,32-,33+,34-,35+,36+/m0/s1. The van der Waals surface area contributed by atoms with Crippen LogP contribution in [-0.4, -0.2) is 69.1 Å². The molecule has 1 saturated heterocycles. The molecule has 44 heavy (non-hydrogen) atoms. The predicted octanol–water partition coefficient (Wildman–Crippen LogP) is 7.62. The molecular formula is C37H66O7. The van der Waals surface area contributed by atoms with Gasteiger partial charge in [-0.1, -0.05) is 103 Å². The van der Waals surface area contributed by atoms with Gasteiger partial charge in [0.25, 0.3) is 0 Å². The Bertz CT molecular complexity index is 797. The van der Waals surface area contributed by atoms with Gasteiger partial charge in [0.1, 0.15) is 6.10 Å². The minimum atomic E-state index is -0.669. The van der Waals surface area contributed by atoms with Crippen molar-refractivity contribution in [2.45, 2.75) is 204 Å². The van der Waals surface area contributed by atoms with Crippen LogP contribution in [0.3, 0.4) is 0 Å². The third-order valence-corrected chi connectivity index (χ3v) is 9.30. The Balaban J connectivity index is 1.42. The lowest BCUT2D eigenvalue weighted by Gasteiger charge is -2.19. The number of cyclic esters (lactones) is 1. The third kappa shape index (κ3) is 17.4. The average Bonchev–Trinajstić information content (AvgIpc) is 3.60. The minimum absolute atomic E-state index is 0.0974. The number of aliphatic hydroxyl groups excluding tert-OH is 4. The van der Waals surface area contributed by atoms with E-state index in [1.165, 1.54) is 51.4 Å². The second-order valence-corrected chi connectivity index (χ2v) is 13.5. The van der Waals surface area contributed by atoms with Gasteiger partial charge in [-0.15, -0.1) is 0 Å². The van der Waals surface area contributed by atoms with Crippen LogP contribution in [0, 0.1) is 0 Å². The van der Waals surface area contributed by atoms with Crippen LogP contribution in [0.5, 0.6) is 0 Å². The van der Waals surface area contributed by atoms with E-state index in [1.807, 2.05) is 6.92 Å². The van der Waals surface area contributed by atoms with Crippen LogP contribution in [-0.2, 0) is 14.3 Å². The Kier molecular flexibility index (Phi) is 21.2. The van der Waals surface area contributed by atoms with Crippen molar-refractivity contribution in [1.29, 1.82) is 0 Å². The van der Waals surface area contributed by atoms with Crippen molar-refractivity contribution in [3.05, 3.63) is 23.8 Å². The first-order chi connectivity index (χ1) is 21.3. The van der Waals surface area contributed by atoms with E-state index in [0.29, 0.717) is 37.7 Å². The molecule has 7 nitrogen and oxygen atoms in total. The van der Waals surface area contributed by atoms with Crippen LogP contribution in [0.4, 0.5) is 0 Å². The van der Waals surface area contributed by atoms with E-state index in [2.05, 4.69) is 19.1 Å². The molecule has 2 aliphatic rings. The zero-order valence-electron chi connectivity index (χ0n) is 28.1. The lowest BCUT2D eigenvalue weighted by Crippen LogP contribution is -2.26. The van der Waals surface area contributed by atoms with Gasteiger partial charge in [-0.25, -0.2) is 4.79 Å². The number of hydrogen-bond acceptors (Lipinski definition) is 7. The topological polar surface area (TPSA) is 116 Å². The van der Waals surface area contributed by atoms with Gasteiger partial charge in [0, 0.05) is 12.0 Å². The Labute approximate surface area is 268 Å². The van der Waals surface area contributed by atoms with Crippen molar-refractivity contribution in [3.8, 4) is 0 Å². The summed E-state index contributed by atoms with van der Waals surface area (Å²) in [5, 5.41) is 41.4. The highest BCUT2D eigenvalue weighted by atomic mass is 16.5. The number of aliphatic hydroxyl groups is 4. The molecule has 0 spiro atoms. The summed E-state index contributed by atoms with van der Waals surface area (Å²) in [5.74, 6) is -0.302. The second kappa shape index (κ2) is 24.0.